The lowest BCUT2D eigenvalue weighted by atomic mass is 10.0. The van der Waals surface area contributed by atoms with E-state index in [0.717, 1.165) is 18.4 Å². The van der Waals surface area contributed by atoms with E-state index in [-0.39, 0.29) is 11.3 Å². The summed E-state index contributed by atoms with van der Waals surface area (Å²) in [5, 5.41) is 9.22. The van der Waals surface area contributed by atoms with Crippen LogP contribution in [0.5, 0.6) is 0 Å². The van der Waals surface area contributed by atoms with Crippen molar-refractivity contribution in [3.8, 4) is 6.07 Å². The van der Waals surface area contributed by atoms with Gasteiger partial charge in [-0.25, -0.2) is 0 Å². The molecule has 3 nitrogen and oxygen atoms in total. The van der Waals surface area contributed by atoms with Gasteiger partial charge in [-0.3, -0.25) is 4.79 Å². The minimum atomic E-state index is -0.324. The molecule has 0 bridgehead atoms. The molecule has 1 aromatic rings. The van der Waals surface area contributed by atoms with E-state index in [9.17, 15) is 10.1 Å². The Labute approximate surface area is 120 Å². The molecule has 0 radical (unpaired) electrons. The second-order valence-corrected chi connectivity index (χ2v) is 5.66. The Bertz CT molecular complexity index is 559. The van der Waals surface area contributed by atoms with Gasteiger partial charge in [-0.2, -0.15) is 5.26 Å². The fourth-order valence-corrected chi connectivity index (χ4v) is 2.45. The molecule has 2 rings (SSSR count). The zero-order chi connectivity index (χ0) is 14.8. The van der Waals surface area contributed by atoms with Gasteiger partial charge in [0.2, 0.25) is 5.91 Å². The van der Waals surface area contributed by atoms with E-state index in [1.807, 2.05) is 6.07 Å². The van der Waals surface area contributed by atoms with Gasteiger partial charge in [-0.05, 0) is 49.5 Å². The van der Waals surface area contributed by atoms with Crippen LogP contribution in [0.4, 0.5) is 0 Å². The largest absolute Gasteiger partial charge is 0.333 e. The maximum Gasteiger partial charge on any atom is 0.246 e. The van der Waals surface area contributed by atoms with Crippen molar-refractivity contribution in [1.29, 1.82) is 5.26 Å². The van der Waals surface area contributed by atoms with Crippen molar-refractivity contribution in [2.45, 2.75) is 33.2 Å². The minimum absolute atomic E-state index is 0.103. The molecule has 0 aliphatic heterocycles. The standard InChI is InChI=1S/C17H20N2O/c1-4-16(20)19(12-17(11-18)8-9-17)10-15-13(2)6-5-7-14(15)3/h4-7H,1,8-10,12H2,2-3H3. The molecule has 1 amide bonds. The average Bonchev–Trinajstić information content (AvgIpc) is 3.21. The number of nitriles is 1. The van der Waals surface area contributed by atoms with Gasteiger partial charge in [0.05, 0.1) is 11.5 Å². The summed E-state index contributed by atoms with van der Waals surface area (Å²) in [6.45, 7) is 8.72. The molecule has 1 fully saturated rings. The highest BCUT2D eigenvalue weighted by molar-refractivity contribution is 5.87. The van der Waals surface area contributed by atoms with Gasteiger partial charge in [-0.1, -0.05) is 24.8 Å². The van der Waals surface area contributed by atoms with E-state index in [4.69, 9.17) is 0 Å². The molecule has 0 N–H and O–H groups in total. The Morgan fingerprint density at radius 3 is 2.50 bits per heavy atom. The van der Waals surface area contributed by atoms with E-state index in [0.29, 0.717) is 13.1 Å². The van der Waals surface area contributed by atoms with E-state index >= 15 is 0 Å². The molecule has 1 aliphatic rings. The molecule has 1 aliphatic carbocycles. The van der Waals surface area contributed by atoms with Crippen molar-refractivity contribution in [1.82, 2.24) is 4.90 Å². The molecular weight excluding hydrogens is 248 g/mol. The maximum absolute atomic E-state index is 12.1. The van der Waals surface area contributed by atoms with Crippen molar-refractivity contribution in [3.63, 3.8) is 0 Å². The summed E-state index contributed by atoms with van der Waals surface area (Å²) in [6, 6.07) is 8.47. The topological polar surface area (TPSA) is 44.1 Å². The van der Waals surface area contributed by atoms with Gasteiger partial charge < -0.3 is 4.90 Å². The van der Waals surface area contributed by atoms with E-state index in [1.165, 1.54) is 17.2 Å². The zero-order valence-electron chi connectivity index (χ0n) is 12.1. The maximum atomic E-state index is 12.1. The van der Waals surface area contributed by atoms with Crippen molar-refractivity contribution in [2.24, 2.45) is 5.41 Å². The van der Waals surface area contributed by atoms with Crippen LogP contribution in [0.3, 0.4) is 0 Å². The predicted molar refractivity (Wildman–Crippen MR) is 78.8 cm³/mol. The number of hydrogen-bond donors (Lipinski definition) is 0. The molecule has 0 spiro atoms. The summed E-state index contributed by atoms with van der Waals surface area (Å²) in [5.74, 6) is -0.103. The summed E-state index contributed by atoms with van der Waals surface area (Å²) in [6.07, 6.45) is 3.11. The first-order valence-corrected chi connectivity index (χ1v) is 6.89. The summed E-state index contributed by atoms with van der Waals surface area (Å²) < 4.78 is 0. The Morgan fingerprint density at radius 1 is 1.45 bits per heavy atom. The first-order valence-electron chi connectivity index (χ1n) is 6.89. The highest BCUT2D eigenvalue weighted by Gasteiger charge is 2.45. The van der Waals surface area contributed by atoms with Crippen LogP contribution in [-0.2, 0) is 11.3 Å². The summed E-state index contributed by atoms with van der Waals surface area (Å²) in [4.78, 5) is 13.8. The number of carbonyl (C=O) groups excluding carboxylic acids is 1. The SMILES string of the molecule is C=CC(=O)N(Cc1c(C)cccc1C)CC1(C#N)CC1. The monoisotopic (exact) mass is 268 g/mol. The highest BCUT2D eigenvalue weighted by atomic mass is 16.2. The zero-order valence-corrected chi connectivity index (χ0v) is 12.1. The molecule has 20 heavy (non-hydrogen) atoms. The summed E-state index contributed by atoms with van der Waals surface area (Å²) in [7, 11) is 0. The van der Waals surface area contributed by atoms with Crippen LogP contribution in [0.2, 0.25) is 0 Å². The summed E-state index contributed by atoms with van der Waals surface area (Å²) >= 11 is 0. The van der Waals surface area contributed by atoms with Crippen LogP contribution in [-0.4, -0.2) is 17.4 Å². The second-order valence-electron chi connectivity index (χ2n) is 5.66. The predicted octanol–water partition coefficient (Wildman–Crippen LogP) is 3.12. The Morgan fingerprint density at radius 2 is 2.05 bits per heavy atom. The van der Waals surface area contributed by atoms with Crippen molar-refractivity contribution >= 4 is 5.91 Å². The third-order valence-electron chi connectivity index (χ3n) is 4.06. The molecule has 0 unspecified atom stereocenters. The Balaban J connectivity index is 2.22. The first-order chi connectivity index (χ1) is 9.51. The van der Waals surface area contributed by atoms with Crippen molar-refractivity contribution in [3.05, 3.63) is 47.5 Å². The Kier molecular flexibility index (Phi) is 3.94. The fraction of sp³-hybridized carbons (Fsp3) is 0.412. The van der Waals surface area contributed by atoms with Crippen LogP contribution >= 0.6 is 0 Å². The first kappa shape index (κ1) is 14.3. The average molecular weight is 268 g/mol. The quantitative estimate of drug-likeness (QED) is 0.770. The normalized spacial score (nSPS) is 15.2. The van der Waals surface area contributed by atoms with Gasteiger partial charge in [0.1, 0.15) is 0 Å². The fourth-order valence-electron chi connectivity index (χ4n) is 2.45. The molecule has 0 aromatic heterocycles. The molecule has 0 heterocycles. The third kappa shape index (κ3) is 2.91. The van der Waals surface area contributed by atoms with E-state index < -0.39 is 0 Å². The number of amides is 1. The minimum Gasteiger partial charge on any atom is -0.333 e. The Hall–Kier alpha value is -2.08. The van der Waals surface area contributed by atoms with Gasteiger partial charge in [0.15, 0.2) is 0 Å². The number of hydrogen-bond acceptors (Lipinski definition) is 2. The van der Waals surface area contributed by atoms with Crippen LogP contribution in [0.15, 0.2) is 30.9 Å². The number of nitrogens with zero attached hydrogens (tertiary/aromatic N) is 2. The summed E-state index contributed by atoms with van der Waals surface area (Å²) in [5.41, 5.74) is 3.19. The van der Waals surface area contributed by atoms with Crippen molar-refractivity contribution in [2.75, 3.05) is 6.54 Å². The molecular formula is C17H20N2O. The van der Waals surface area contributed by atoms with E-state index in [2.05, 4.69) is 38.6 Å². The smallest absolute Gasteiger partial charge is 0.246 e. The van der Waals surface area contributed by atoms with Gasteiger partial charge in [0, 0.05) is 13.1 Å². The van der Waals surface area contributed by atoms with Gasteiger partial charge in [-0.15, -0.1) is 0 Å². The van der Waals surface area contributed by atoms with Gasteiger partial charge >= 0.3 is 0 Å². The second kappa shape index (κ2) is 5.50. The van der Waals surface area contributed by atoms with E-state index in [1.54, 1.807) is 4.90 Å². The van der Waals surface area contributed by atoms with Crippen LogP contribution in [0.25, 0.3) is 0 Å². The molecule has 1 aromatic carbocycles. The molecule has 0 saturated heterocycles. The molecule has 0 atom stereocenters. The number of aryl methyl sites for hydroxylation is 2. The highest BCUT2D eigenvalue weighted by Crippen LogP contribution is 2.45. The lowest BCUT2D eigenvalue weighted by Crippen LogP contribution is -2.34. The van der Waals surface area contributed by atoms with Crippen LogP contribution in [0, 0.1) is 30.6 Å². The number of benzene rings is 1. The third-order valence-corrected chi connectivity index (χ3v) is 4.06. The molecule has 104 valence electrons. The van der Waals surface area contributed by atoms with Gasteiger partial charge in [0.25, 0.3) is 0 Å². The lowest BCUT2D eigenvalue weighted by molar-refractivity contribution is -0.127. The van der Waals surface area contributed by atoms with Crippen LogP contribution in [0.1, 0.15) is 29.5 Å². The van der Waals surface area contributed by atoms with Crippen LogP contribution < -0.4 is 0 Å². The van der Waals surface area contributed by atoms with Crippen molar-refractivity contribution < 1.29 is 4.79 Å². The lowest BCUT2D eigenvalue weighted by Gasteiger charge is -2.25. The number of carbonyl (C=O) groups is 1. The number of rotatable bonds is 5. The molecule has 3 heteroatoms. The molecule has 1 saturated carbocycles.